The van der Waals surface area contributed by atoms with Crippen molar-refractivity contribution in [3.8, 4) is 0 Å². The smallest absolute Gasteiger partial charge is 0.411 e. The third kappa shape index (κ3) is 3.25. The van der Waals surface area contributed by atoms with Gasteiger partial charge in [-0.05, 0) is 25.5 Å². The van der Waals surface area contributed by atoms with E-state index in [1.54, 1.807) is 19.9 Å². The van der Waals surface area contributed by atoms with Gasteiger partial charge in [-0.1, -0.05) is 23.2 Å². The number of pyridine rings is 1. The van der Waals surface area contributed by atoms with E-state index in [0.29, 0.717) is 12.3 Å². The van der Waals surface area contributed by atoms with Gasteiger partial charge in [0.15, 0.2) is 5.15 Å². The van der Waals surface area contributed by atoms with Crippen LogP contribution in [-0.2, 0) is 4.74 Å². The fourth-order valence-corrected chi connectivity index (χ4v) is 1.59. The van der Waals surface area contributed by atoms with Crippen LogP contribution in [0.25, 0.3) is 0 Å². The molecule has 0 unspecified atom stereocenters. The Balaban J connectivity index is 2.90. The number of ether oxygens (including phenoxy) is 1. The van der Waals surface area contributed by atoms with Crippen molar-refractivity contribution in [1.82, 2.24) is 4.98 Å². The highest BCUT2D eigenvalue weighted by Crippen LogP contribution is 2.26. The molecular formula is C9H10Cl2N2O2. The van der Waals surface area contributed by atoms with Crippen LogP contribution in [0.3, 0.4) is 0 Å². The second-order valence-corrected chi connectivity index (χ2v) is 3.52. The third-order valence-electron chi connectivity index (χ3n) is 1.64. The summed E-state index contributed by atoms with van der Waals surface area (Å²) in [4.78, 5) is 15.0. The van der Waals surface area contributed by atoms with E-state index >= 15 is 0 Å². The summed E-state index contributed by atoms with van der Waals surface area (Å²) >= 11 is 11.5. The molecule has 0 aromatic carbocycles. The van der Waals surface area contributed by atoms with Gasteiger partial charge < -0.3 is 4.74 Å². The number of hydrogen-bond acceptors (Lipinski definition) is 3. The summed E-state index contributed by atoms with van der Waals surface area (Å²) < 4.78 is 4.72. The maximum absolute atomic E-state index is 11.1. The van der Waals surface area contributed by atoms with Crippen LogP contribution >= 0.6 is 23.2 Å². The highest BCUT2D eigenvalue weighted by molar-refractivity contribution is 6.34. The zero-order chi connectivity index (χ0) is 11.4. The third-order valence-corrected chi connectivity index (χ3v) is 2.11. The maximum Gasteiger partial charge on any atom is 0.411 e. The average molecular weight is 249 g/mol. The van der Waals surface area contributed by atoms with Gasteiger partial charge >= 0.3 is 6.09 Å². The quantitative estimate of drug-likeness (QED) is 0.818. The highest BCUT2D eigenvalue weighted by atomic mass is 35.5. The molecule has 0 saturated carbocycles. The standard InChI is InChI=1S/C9H10Cl2N2O2/c1-3-15-9(14)13-7-5(2)4-6(10)12-8(7)11/h4H,3H2,1-2H3,(H,13,14). The van der Waals surface area contributed by atoms with E-state index in [4.69, 9.17) is 27.9 Å². The predicted octanol–water partition coefficient (Wildman–Crippen LogP) is 3.27. The molecule has 0 aliphatic carbocycles. The molecule has 15 heavy (non-hydrogen) atoms. The number of nitrogens with one attached hydrogen (secondary N) is 1. The van der Waals surface area contributed by atoms with Crippen LogP contribution in [0, 0.1) is 6.92 Å². The van der Waals surface area contributed by atoms with Crippen LogP contribution in [0.2, 0.25) is 10.3 Å². The van der Waals surface area contributed by atoms with Crippen molar-refractivity contribution >= 4 is 35.0 Å². The minimum absolute atomic E-state index is 0.146. The molecule has 1 rings (SSSR count). The number of carbonyl (C=O) groups excluding carboxylic acids is 1. The molecule has 0 fully saturated rings. The van der Waals surface area contributed by atoms with Crippen molar-refractivity contribution < 1.29 is 9.53 Å². The highest BCUT2D eigenvalue weighted by Gasteiger charge is 2.11. The van der Waals surface area contributed by atoms with Crippen LogP contribution in [-0.4, -0.2) is 17.7 Å². The Morgan fingerprint density at radius 3 is 2.80 bits per heavy atom. The molecule has 0 aliphatic heterocycles. The molecule has 1 N–H and O–H groups in total. The fraction of sp³-hybridized carbons (Fsp3) is 0.333. The van der Waals surface area contributed by atoms with Crippen molar-refractivity contribution in [2.24, 2.45) is 0 Å². The van der Waals surface area contributed by atoms with Gasteiger partial charge in [0.1, 0.15) is 5.15 Å². The molecule has 6 heteroatoms. The van der Waals surface area contributed by atoms with Gasteiger partial charge in [-0.2, -0.15) is 0 Å². The average Bonchev–Trinajstić information content (AvgIpc) is 2.11. The molecule has 0 bridgehead atoms. The van der Waals surface area contributed by atoms with Gasteiger partial charge in [0.05, 0.1) is 12.3 Å². The number of aryl methyl sites for hydroxylation is 1. The summed E-state index contributed by atoms with van der Waals surface area (Å²) in [7, 11) is 0. The lowest BCUT2D eigenvalue weighted by molar-refractivity contribution is 0.168. The van der Waals surface area contributed by atoms with Crippen LogP contribution in [0.15, 0.2) is 6.07 Å². The second kappa shape index (κ2) is 5.19. The molecule has 1 heterocycles. The summed E-state index contributed by atoms with van der Waals surface area (Å²) in [6.45, 7) is 3.78. The van der Waals surface area contributed by atoms with Crippen LogP contribution in [0.4, 0.5) is 10.5 Å². The lowest BCUT2D eigenvalue weighted by atomic mass is 10.2. The van der Waals surface area contributed by atoms with Crippen molar-refractivity contribution in [2.45, 2.75) is 13.8 Å². The minimum atomic E-state index is -0.563. The molecule has 0 atom stereocenters. The number of amides is 1. The number of rotatable bonds is 2. The van der Waals surface area contributed by atoms with Crippen LogP contribution in [0.5, 0.6) is 0 Å². The Hall–Kier alpha value is -1.00. The zero-order valence-electron chi connectivity index (χ0n) is 8.30. The van der Waals surface area contributed by atoms with Gasteiger partial charge in [-0.3, -0.25) is 5.32 Å². The first-order valence-electron chi connectivity index (χ1n) is 4.31. The summed E-state index contributed by atoms with van der Waals surface area (Å²) in [5.41, 5.74) is 1.15. The Bertz CT molecular complexity index is 359. The van der Waals surface area contributed by atoms with E-state index in [1.807, 2.05) is 0 Å². The van der Waals surface area contributed by atoms with Crippen LogP contribution < -0.4 is 5.32 Å². The van der Waals surface area contributed by atoms with Crippen molar-refractivity contribution in [2.75, 3.05) is 11.9 Å². The van der Waals surface area contributed by atoms with Gasteiger partial charge in [0.2, 0.25) is 0 Å². The summed E-state index contributed by atoms with van der Waals surface area (Å²) in [6, 6.07) is 1.61. The first-order valence-corrected chi connectivity index (χ1v) is 5.06. The molecule has 0 aliphatic rings. The van der Waals surface area contributed by atoms with E-state index in [-0.39, 0.29) is 10.3 Å². The van der Waals surface area contributed by atoms with E-state index < -0.39 is 6.09 Å². The SMILES string of the molecule is CCOC(=O)Nc1c(C)cc(Cl)nc1Cl. The normalized spacial score (nSPS) is 9.87. The molecule has 4 nitrogen and oxygen atoms in total. The topological polar surface area (TPSA) is 51.2 Å². The zero-order valence-corrected chi connectivity index (χ0v) is 9.82. The second-order valence-electron chi connectivity index (χ2n) is 2.77. The van der Waals surface area contributed by atoms with Crippen molar-refractivity contribution in [3.05, 3.63) is 21.9 Å². The Kier molecular flexibility index (Phi) is 4.17. The molecular weight excluding hydrogens is 239 g/mol. The maximum atomic E-state index is 11.1. The Labute approximate surface area is 97.5 Å². The lowest BCUT2D eigenvalue weighted by Crippen LogP contribution is -2.14. The fourth-order valence-electron chi connectivity index (χ4n) is 1.01. The van der Waals surface area contributed by atoms with E-state index in [2.05, 4.69) is 10.3 Å². The van der Waals surface area contributed by atoms with E-state index in [1.165, 1.54) is 0 Å². The summed E-state index contributed by atoms with van der Waals surface area (Å²) in [6.07, 6.45) is -0.563. The summed E-state index contributed by atoms with van der Waals surface area (Å²) in [5.74, 6) is 0. The first kappa shape index (κ1) is 12.1. The monoisotopic (exact) mass is 248 g/mol. The molecule has 1 aromatic heterocycles. The number of hydrogen-bond donors (Lipinski definition) is 1. The molecule has 0 radical (unpaired) electrons. The molecule has 0 saturated heterocycles. The van der Waals surface area contributed by atoms with Gasteiger partial charge in [-0.15, -0.1) is 0 Å². The van der Waals surface area contributed by atoms with Gasteiger partial charge in [-0.25, -0.2) is 9.78 Å². The van der Waals surface area contributed by atoms with Crippen molar-refractivity contribution in [3.63, 3.8) is 0 Å². The number of halogens is 2. The number of aromatic nitrogens is 1. The van der Waals surface area contributed by atoms with E-state index in [9.17, 15) is 4.79 Å². The Morgan fingerprint density at radius 2 is 2.27 bits per heavy atom. The molecule has 1 amide bonds. The minimum Gasteiger partial charge on any atom is -0.450 e. The number of carbonyl (C=O) groups is 1. The number of anilines is 1. The largest absolute Gasteiger partial charge is 0.450 e. The van der Waals surface area contributed by atoms with Crippen LogP contribution in [0.1, 0.15) is 12.5 Å². The number of nitrogens with zero attached hydrogens (tertiary/aromatic N) is 1. The van der Waals surface area contributed by atoms with Gasteiger partial charge in [0, 0.05) is 0 Å². The van der Waals surface area contributed by atoms with Gasteiger partial charge in [0.25, 0.3) is 0 Å². The van der Waals surface area contributed by atoms with Crippen molar-refractivity contribution in [1.29, 1.82) is 0 Å². The molecule has 0 spiro atoms. The first-order chi connectivity index (χ1) is 7.04. The summed E-state index contributed by atoms with van der Waals surface area (Å²) in [5, 5.41) is 2.92. The van der Waals surface area contributed by atoms with E-state index in [0.717, 1.165) is 5.56 Å². The molecule has 82 valence electrons. The lowest BCUT2D eigenvalue weighted by Gasteiger charge is -2.09. The predicted molar refractivity (Wildman–Crippen MR) is 59.6 cm³/mol. The Morgan fingerprint density at radius 1 is 1.60 bits per heavy atom. The molecule has 1 aromatic rings.